The summed E-state index contributed by atoms with van der Waals surface area (Å²) in [6, 6.07) is 0.835. The van der Waals surface area contributed by atoms with Gasteiger partial charge in [-0.3, -0.25) is 34.0 Å². The average molecular weight is 2060 g/mol. The molecule has 5 aliphatic heterocycles. The first-order chi connectivity index (χ1) is 69.7. The molecule has 5 saturated heterocycles. The molecule has 0 atom stereocenters. The number of hydrogen-bond donors (Lipinski definition) is 0. The minimum Gasteiger partial charge on any atom is -0.341 e. The second-order valence-corrected chi connectivity index (χ2v) is 51.5. The molecule has 850 valence electrons. The Labute approximate surface area is 902 Å². The van der Waals surface area contributed by atoms with Gasteiger partial charge in [-0.25, -0.2) is 0 Å². The molecule has 3 aromatic rings. The molecule has 3 aromatic heterocycles. The number of hydrogen-bond acceptors (Lipinski definition) is 28. The van der Waals surface area contributed by atoms with E-state index in [1.54, 1.807) is 0 Å². The molecule has 0 N–H and O–H groups in total. The summed E-state index contributed by atoms with van der Waals surface area (Å²) in [6.07, 6.45) is 42.0. The van der Waals surface area contributed by atoms with Crippen LogP contribution in [0.15, 0.2) is 0 Å². The first kappa shape index (κ1) is 127. The third-order valence-electron chi connectivity index (χ3n) is 32.0. The molecule has 0 bridgehead atoms. The van der Waals surface area contributed by atoms with Gasteiger partial charge in [0.15, 0.2) is 0 Å². The van der Waals surface area contributed by atoms with Gasteiger partial charge in [0.05, 0.1) is 46.1 Å². The van der Waals surface area contributed by atoms with Gasteiger partial charge in [-0.15, -0.1) is 0 Å². The Bertz CT molecular complexity index is 3950. The van der Waals surface area contributed by atoms with Crippen molar-refractivity contribution in [2.75, 3.05) is 152 Å². The van der Waals surface area contributed by atoms with Gasteiger partial charge in [0.25, 0.3) is 0 Å². The first-order valence-electron chi connectivity index (χ1n) is 60.9. The van der Waals surface area contributed by atoms with Crippen LogP contribution in [0, 0.1) is 0 Å². The summed E-state index contributed by atoms with van der Waals surface area (Å²) in [5.41, 5.74) is -2.70. The number of unbranched alkanes of at least 4 members (excludes halogenated alkanes) is 15. The van der Waals surface area contributed by atoms with E-state index in [0.717, 1.165) is 402 Å². The van der Waals surface area contributed by atoms with Crippen molar-refractivity contribution in [3.63, 3.8) is 0 Å². The Kier molecular flexibility index (Phi) is 52.4. The summed E-state index contributed by atoms with van der Waals surface area (Å²) in [7, 11) is 0. The van der Waals surface area contributed by atoms with E-state index in [4.69, 9.17) is 69.0 Å². The molecular weight excluding hydrogens is 1830 g/mol. The zero-order valence-electron chi connectivity index (χ0n) is 102. The topological polar surface area (TPSA) is 208 Å². The highest BCUT2D eigenvalue weighted by Crippen LogP contribution is 2.49. The predicted molar refractivity (Wildman–Crippen MR) is 619 cm³/mol. The van der Waals surface area contributed by atoms with Crippen molar-refractivity contribution < 1.29 is 24.2 Å². The maximum atomic E-state index is 6.94. The molecule has 147 heavy (non-hydrogen) atoms. The summed E-state index contributed by atoms with van der Waals surface area (Å²) in [4.78, 5) is 110. The summed E-state index contributed by atoms with van der Waals surface area (Å²) >= 11 is 0. The lowest BCUT2D eigenvalue weighted by atomic mass is 9.78. The molecule has 0 unspecified atom stereocenters. The maximum absolute atomic E-state index is 6.94. The molecule has 0 amide bonds. The Hall–Kier alpha value is -4.85. The number of nitrogens with zero attached hydrogens (tertiary/aromatic N) is 23. The summed E-state index contributed by atoms with van der Waals surface area (Å²) < 4.78 is 0. The van der Waals surface area contributed by atoms with E-state index < -0.39 is 0 Å². The summed E-state index contributed by atoms with van der Waals surface area (Å²) in [5.74, 6) is 7.57. The molecule has 28 nitrogen and oxygen atoms in total. The monoisotopic (exact) mass is 2060 g/mol. The first-order valence-corrected chi connectivity index (χ1v) is 60.9. The number of hydroxylamine groups is 10. The van der Waals surface area contributed by atoms with Gasteiger partial charge in [-0.1, -0.05) is 180 Å². The van der Waals surface area contributed by atoms with Gasteiger partial charge in [-0.05, 0) is 331 Å². The fourth-order valence-corrected chi connectivity index (χ4v) is 25.9. The highest BCUT2D eigenvalue weighted by Gasteiger charge is 2.55. The number of rotatable bonds is 72. The van der Waals surface area contributed by atoms with Crippen molar-refractivity contribution in [1.29, 1.82) is 0 Å². The van der Waals surface area contributed by atoms with Crippen LogP contribution in [0.3, 0.4) is 0 Å². The van der Waals surface area contributed by atoms with Crippen molar-refractivity contribution in [2.24, 2.45) is 0 Å². The van der Waals surface area contributed by atoms with E-state index in [1.165, 1.54) is 0 Å². The standard InChI is InChI=1S/C119H229N23O5/c1-35-49-66-129(67-50-36-2)103-120-101(121-104(124-103)130(68-51-37-3)69-52-38-4)94-133(96-84-110(15,16)138(143-79-44-10)111(17,18)85-96)74-62-58-60-64-77-136(99-90-116(27,28)141(146-82-47-13)117(29,30)91-99)108-123-102(122-107(128-108)135(76-57-43-9)98-88-114(23,24)140(145-81-46-12)115(25,26)89-98)95-134(97-86-112(19,20)139(144-80-45-11)113(21,22)87-97)75-63-59-61-65-78-137(100-92-118(31,32)142(147-83-48-14)119(33,34)93-100)109-126-105(131(70-53-39-5)71-54-40-6)125-106(127-109)132(72-55-41-7)73-56-42-8/h96-100H,35-95H2,1-34H3. The highest BCUT2D eigenvalue weighted by molar-refractivity contribution is 5.49. The van der Waals surface area contributed by atoms with E-state index in [0.29, 0.717) is 46.1 Å². The van der Waals surface area contributed by atoms with Crippen LogP contribution < -0.4 is 34.3 Å². The number of piperidine rings is 5. The van der Waals surface area contributed by atoms with Crippen LogP contribution in [0.2, 0.25) is 0 Å². The zero-order valence-corrected chi connectivity index (χ0v) is 102. The lowest BCUT2D eigenvalue weighted by Gasteiger charge is -2.56. The molecule has 0 aliphatic carbocycles. The largest absolute Gasteiger partial charge is 0.341 e. The third kappa shape index (κ3) is 37.2. The van der Waals surface area contributed by atoms with Crippen LogP contribution >= 0.6 is 0 Å². The second-order valence-electron chi connectivity index (χ2n) is 51.5. The van der Waals surface area contributed by atoms with Crippen LogP contribution in [-0.4, -0.2) is 284 Å². The SMILES string of the molecule is CCCCN(CCCC)c1nc(CN(CCCCCCN(c2nc(CN(CCCCCCN(c3nc(N(CCCC)CCCC)nc(N(CCCC)CCCC)n3)C3CC(C)(C)N(OCCC)C(C)(C)C3)C3CC(C)(C)N(OCCC)C(C)(C)C3)nc(N(CCCC)C3CC(C)(C)N(OCCC)C(C)(C)C3)n2)C2CC(C)(C)N(OCCC)C(C)(C)C2)C2CC(C)(C)N(OCCC)C(C)(C)C2)nc(N(CCCC)CCCC)n1. The molecule has 0 radical (unpaired) electrons. The smallest absolute Gasteiger partial charge is 0.232 e. The Balaban J connectivity index is 1.26. The Morgan fingerprint density at radius 3 is 0.565 bits per heavy atom. The van der Waals surface area contributed by atoms with Gasteiger partial charge < -0.3 is 34.3 Å². The van der Waals surface area contributed by atoms with E-state index >= 15 is 0 Å². The molecule has 28 heteroatoms. The minimum atomic E-state index is -0.318. The third-order valence-corrected chi connectivity index (χ3v) is 32.0. The Morgan fingerprint density at radius 1 is 0.190 bits per heavy atom. The van der Waals surface area contributed by atoms with Crippen molar-refractivity contribution in [2.45, 2.75) is 597 Å². The Morgan fingerprint density at radius 2 is 0.354 bits per heavy atom. The molecular formula is C119H229N23O5. The lowest BCUT2D eigenvalue weighted by Crippen LogP contribution is -2.64. The van der Waals surface area contributed by atoms with E-state index in [-0.39, 0.29) is 85.6 Å². The van der Waals surface area contributed by atoms with Crippen LogP contribution in [0.25, 0.3) is 0 Å². The summed E-state index contributed by atoms with van der Waals surface area (Å²) in [6.45, 7) is 96.7. The molecule has 8 rings (SSSR count). The summed E-state index contributed by atoms with van der Waals surface area (Å²) in [5, 5.41) is 11.8. The van der Waals surface area contributed by atoms with Crippen molar-refractivity contribution in [3.8, 4) is 0 Å². The minimum absolute atomic E-state index is 0.0863. The van der Waals surface area contributed by atoms with Crippen LogP contribution in [-0.2, 0) is 37.3 Å². The predicted octanol–water partition coefficient (Wildman–Crippen LogP) is 27.0. The molecule has 0 spiro atoms. The van der Waals surface area contributed by atoms with E-state index in [9.17, 15) is 0 Å². The van der Waals surface area contributed by atoms with Crippen molar-refractivity contribution in [3.05, 3.63) is 11.6 Å². The fourth-order valence-electron chi connectivity index (χ4n) is 25.9. The lowest BCUT2D eigenvalue weighted by molar-refractivity contribution is -0.288. The highest BCUT2D eigenvalue weighted by atomic mass is 16.7. The van der Waals surface area contributed by atoms with Gasteiger partial charge in [0.2, 0.25) is 41.6 Å². The van der Waals surface area contributed by atoms with Crippen LogP contribution in [0.4, 0.5) is 41.6 Å². The van der Waals surface area contributed by atoms with Gasteiger partial charge in [-0.2, -0.15) is 70.2 Å². The van der Waals surface area contributed by atoms with Crippen LogP contribution in [0.1, 0.15) is 510 Å². The van der Waals surface area contributed by atoms with Gasteiger partial charge in [0, 0.05) is 158 Å². The molecule has 8 heterocycles. The normalized spacial score (nSPS) is 19.9. The number of anilines is 7. The van der Waals surface area contributed by atoms with E-state index in [1.807, 2.05) is 0 Å². The second kappa shape index (κ2) is 60.5. The van der Waals surface area contributed by atoms with Crippen LogP contribution in [0.5, 0.6) is 0 Å². The fraction of sp³-hybridized carbons (Fsp3) is 0.924. The van der Waals surface area contributed by atoms with Gasteiger partial charge in [0.1, 0.15) is 11.6 Å². The molecule has 0 saturated carbocycles. The van der Waals surface area contributed by atoms with Crippen molar-refractivity contribution >= 4 is 41.6 Å². The maximum Gasteiger partial charge on any atom is 0.232 e. The van der Waals surface area contributed by atoms with Gasteiger partial charge >= 0.3 is 0 Å². The zero-order chi connectivity index (χ0) is 108. The molecule has 5 aliphatic rings. The molecule has 5 fully saturated rings. The van der Waals surface area contributed by atoms with Crippen molar-refractivity contribution in [1.82, 2.24) is 80.0 Å². The quantitative estimate of drug-likeness (QED) is 0.0481. The molecule has 0 aromatic carbocycles. The average Bonchev–Trinajstić information content (AvgIpc) is 0.726. The van der Waals surface area contributed by atoms with E-state index in [2.05, 4.69) is 305 Å². The number of aromatic nitrogens is 9.